The first-order chi connectivity index (χ1) is 6.34. The summed E-state index contributed by atoms with van der Waals surface area (Å²) < 4.78 is 10.3. The Balaban J connectivity index is 2.09. The molecule has 0 aliphatic carbocycles. The average molecular weight is 187 g/mol. The summed E-state index contributed by atoms with van der Waals surface area (Å²) in [5, 5.41) is 0. The van der Waals surface area contributed by atoms with Gasteiger partial charge < -0.3 is 15.2 Å². The molecule has 1 aliphatic heterocycles. The lowest BCUT2D eigenvalue weighted by Gasteiger charge is -2.27. The van der Waals surface area contributed by atoms with Crippen molar-refractivity contribution in [2.24, 2.45) is 11.7 Å². The standard InChI is InChI=1S/C10H21NO2/c1-12-6-2-3-10(11)9-4-7-13-8-5-9/h9-10H,2-8,11H2,1H3. The number of rotatable bonds is 5. The van der Waals surface area contributed by atoms with Crippen LogP contribution in [0.4, 0.5) is 0 Å². The molecular weight excluding hydrogens is 166 g/mol. The van der Waals surface area contributed by atoms with Gasteiger partial charge in [0.25, 0.3) is 0 Å². The van der Waals surface area contributed by atoms with Crippen molar-refractivity contribution in [1.82, 2.24) is 0 Å². The second-order valence-corrected chi connectivity index (χ2v) is 3.75. The summed E-state index contributed by atoms with van der Waals surface area (Å²) in [5.74, 6) is 0.672. The molecule has 0 spiro atoms. The highest BCUT2D eigenvalue weighted by molar-refractivity contribution is 4.75. The summed E-state index contributed by atoms with van der Waals surface area (Å²) in [4.78, 5) is 0. The Kier molecular flexibility index (Phi) is 5.35. The summed E-state index contributed by atoms with van der Waals surface area (Å²) in [6.07, 6.45) is 4.43. The Morgan fingerprint density at radius 1 is 1.46 bits per heavy atom. The molecule has 1 rings (SSSR count). The molecule has 1 heterocycles. The van der Waals surface area contributed by atoms with Gasteiger partial charge in [-0.3, -0.25) is 0 Å². The molecule has 0 bridgehead atoms. The van der Waals surface area contributed by atoms with Gasteiger partial charge in [0.15, 0.2) is 0 Å². The van der Waals surface area contributed by atoms with Crippen LogP contribution in [-0.4, -0.2) is 33.0 Å². The summed E-state index contributed by atoms with van der Waals surface area (Å²) in [5.41, 5.74) is 6.08. The lowest BCUT2D eigenvalue weighted by Crippen LogP contribution is -2.34. The molecule has 2 N–H and O–H groups in total. The van der Waals surface area contributed by atoms with E-state index in [0.29, 0.717) is 12.0 Å². The van der Waals surface area contributed by atoms with Crippen molar-refractivity contribution in [2.75, 3.05) is 26.9 Å². The van der Waals surface area contributed by atoms with E-state index in [1.165, 1.54) is 0 Å². The molecular formula is C10H21NO2. The van der Waals surface area contributed by atoms with E-state index in [1.807, 2.05) is 0 Å². The maximum atomic E-state index is 6.08. The fourth-order valence-corrected chi connectivity index (χ4v) is 1.84. The zero-order chi connectivity index (χ0) is 9.52. The second-order valence-electron chi connectivity index (χ2n) is 3.75. The van der Waals surface area contributed by atoms with E-state index in [4.69, 9.17) is 15.2 Å². The van der Waals surface area contributed by atoms with E-state index in [0.717, 1.165) is 45.5 Å². The van der Waals surface area contributed by atoms with Crippen LogP contribution in [0.25, 0.3) is 0 Å². The molecule has 0 aromatic rings. The van der Waals surface area contributed by atoms with Crippen LogP contribution < -0.4 is 5.73 Å². The first kappa shape index (κ1) is 11.0. The third kappa shape index (κ3) is 4.07. The van der Waals surface area contributed by atoms with Crippen LogP contribution in [0.3, 0.4) is 0 Å². The number of nitrogens with two attached hydrogens (primary N) is 1. The Morgan fingerprint density at radius 3 is 2.77 bits per heavy atom. The van der Waals surface area contributed by atoms with Crippen LogP contribution >= 0.6 is 0 Å². The van der Waals surface area contributed by atoms with Crippen LogP contribution in [0.5, 0.6) is 0 Å². The molecule has 1 fully saturated rings. The smallest absolute Gasteiger partial charge is 0.0469 e. The van der Waals surface area contributed by atoms with E-state index in [9.17, 15) is 0 Å². The molecule has 0 amide bonds. The first-order valence-corrected chi connectivity index (χ1v) is 5.17. The fourth-order valence-electron chi connectivity index (χ4n) is 1.84. The summed E-state index contributed by atoms with van der Waals surface area (Å²) in [6, 6.07) is 0.346. The van der Waals surface area contributed by atoms with E-state index < -0.39 is 0 Å². The van der Waals surface area contributed by atoms with Gasteiger partial charge in [-0.2, -0.15) is 0 Å². The van der Waals surface area contributed by atoms with Gasteiger partial charge in [-0.05, 0) is 31.6 Å². The third-order valence-corrected chi connectivity index (χ3v) is 2.76. The van der Waals surface area contributed by atoms with Crippen LogP contribution in [0.1, 0.15) is 25.7 Å². The minimum Gasteiger partial charge on any atom is -0.385 e. The molecule has 1 atom stereocenters. The zero-order valence-electron chi connectivity index (χ0n) is 8.50. The molecule has 0 saturated carbocycles. The molecule has 3 nitrogen and oxygen atoms in total. The van der Waals surface area contributed by atoms with E-state index in [2.05, 4.69) is 0 Å². The highest BCUT2D eigenvalue weighted by Crippen LogP contribution is 2.19. The van der Waals surface area contributed by atoms with Gasteiger partial charge in [-0.25, -0.2) is 0 Å². The van der Waals surface area contributed by atoms with Crippen molar-refractivity contribution in [2.45, 2.75) is 31.7 Å². The van der Waals surface area contributed by atoms with E-state index in [-0.39, 0.29) is 0 Å². The van der Waals surface area contributed by atoms with Gasteiger partial charge >= 0.3 is 0 Å². The molecule has 0 radical (unpaired) electrons. The van der Waals surface area contributed by atoms with Crippen molar-refractivity contribution in [3.05, 3.63) is 0 Å². The quantitative estimate of drug-likeness (QED) is 0.657. The molecule has 78 valence electrons. The summed E-state index contributed by atoms with van der Waals surface area (Å²) in [6.45, 7) is 2.61. The maximum absolute atomic E-state index is 6.08. The molecule has 0 aromatic carbocycles. The van der Waals surface area contributed by atoms with Gasteiger partial charge in [-0.15, -0.1) is 0 Å². The molecule has 3 heteroatoms. The van der Waals surface area contributed by atoms with Gasteiger partial charge in [0.1, 0.15) is 0 Å². The molecule has 1 unspecified atom stereocenters. The second kappa shape index (κ2) is 6.35. The molecule has 0 aromatic heterocycles. The first-order valence-electron chi connectivity index (χ1n) is 5.17. The van der Waals surface area contributed by atoms with Crippen molar-refractivity contribution < 1.29 is 9.47 Å². The van der Waals surface area contributed by atoms with E-state index >= 15 is 0 Å². The van der Waals surface area contributed by atoms with Crippen LogP contribution in [0.15, 0.2) is 0 Å². The van der Waals surface area contributed by atoms with Gasteiger partial charge in [0, 0.05) is 33.0 Å². The third-order valence-electron chi connectivity index (χ3n) is 2.76. The Labute approximate surface area is 80.6 Å². The highest BCUT2D eigenvalue weighted by Gasteiger charge is 2.20. The maximum Gasteiger partial charge on any atom is 0.0469 e. The minimum atomic E-state index is 0.346. The van der Waals surface area contributed by atoms with Crippen molar-refractivity contribution in [3.63, 3.8) is 0 Å². The number of ether oxygens (including phenoxy) is 2. The Hall–Kier alpha value is -0.120. The zero-order valence-corrected chi connectivity index (χ0v) is 8.50. The molecule has 13 heavy (non-hydrogen) atoms. The summed E-state index contributed by atoms with van der Waals surface area (Å²) in [7, 11) is 1.74. The lowest BCUT2D eigenvalue weighted by molar-refractivity contribution is 0.0563. The Morgan fingerprint density at radius 2 is 2.15 bits per heavy atom. The van der Waals surface area contributed by atoms with Crippen molar-refractivity contribution in [3.8, 4) is 0 Å². The van der Waals surface area contributed by atoms with Gasteiger partial charge in [-0.1, -0.05) is 0 Å². The van der Waals surface area contributed by atoms with Crippen LogP contribution in [0.2, 0.25) is 0 Å². The predicted octanol–water partition coefficient (Wildman–Crippen LogP) is 1.17. The Bertz CT molecular complexity index is 124. The van der Waals surface area contributed by atoms with Gasteiger partial charge in [0.05, 0.1) is 0 Å². The monoisotopic (exact) mass is 187 g/mol. The van der Waals surface area contributed by atoms with Crippen molar-refractivity contribution in [1.29, 1.82) is 0 Å². The minimum absolute atomic E-state index is 0.346. The largest absolute Gasteiger partial charge is 0.385 e. The number of hydrogen-bond donors (Lipinski definition) is 1. The number of methoxy groups -OCH3 is 1. The van der Waals surface area contributed by atoms with Crippen LogP contribution in [0, 0.1) is 5.92 Å². The molecule has 1 saturated heterocycles. The number of hydrogen-bond acceptors (Lipinski definition) is 3. The topological polar surface area (TPSA) is 44.5 Å². The molecule has 1 aliphatic rings. The van der Waals surface area contributed by atoms with Crippen LogP contribution in [-0.2, 0) is 9.47 Å². The normalized spacial score (nSPS) is 21.7. The highest BCUT2D eigenvalue weighted by atomic mass is 16.5. The fraction of sp³-hybridized carbons (Fsp3) is 1.00. The van der Waals surface area contributed by atoms with E-state index in [1.54, 1.807) is 7.11 Å². The lowest BCUT2D eigenvalue weighted by atomic mass is 9.90. The van der Waals surface area contributed by atoms with Crippen molar-refractivity contribution >= 4 is 0 Å². The SMILES string of the molecule is COCCCC(N)C1CCOCC1. The van der Waals surface area contributed by atoms with Gasteiger partial charge in [0.2, 0.25) is 0 Å². The average Bonchev–Trinajstić information content (AvgIpc) is 2.19. The summed E-state index contributed by atoms with van der Waals surface area (Å²) >= 11 is 0. The predicted molar refractivity (Wildman–Crippen MR) is 52.6 cm³/mol.